The molecule has 3 nitrogen and oxygen atoms in total. The van der Waals surface area contributed by atoms with Crippen molar-refractivity contribution in [2.75, 3.05) is 0 Å². The van der Waals surface area contributed by atoms with Crippen LogP contribution in [0.25, 0.3) is 0 Å². The number of hydrogen-bond acceptors (Lipinski definition) is 3. The van der Waals surface area contributed by atoms with Gasteiger partial charge in [0, 0.05) is 10.0 Å². The average Bonchev–Trinajstić information content (AvgIpc) is 2.41. The van der Waals surface area contributed by atoms with Crippen molar-refractivity contribution in [3.05, 3.63) is 57.6 Å². The van der Waals surface area contributed by atoms with E-state index in [4.69, 9.17) is 5.73 Å². The molecule has 0 aliphatic rings. The smallest absolute Gasteiger partial charge is 0.507 e. The van der Waals surface area contributed by atoms with E-state index in [2.05, 4.69) is 20.7 Å². The molecule has 8 heteroatoms. The predicted octanol–water partition coefficient (Wildman–Crippen LogP) is 4.83. The number of rotatable bonds is 3. The number of phenolic OH excluding ortho intramolecular Hbond substituents is 1. The van der Waals surface area contributed by atoms with Crippen LogP contribution < -0.4 is 10.5 Å². The fourth-order valence-electron chi connectivity index (χ4n) is 2.05. The SMILES string of the molecule is Cc1cc(Br)cc([C@H](N)c2ccc(OC(F)(F)F)cc2)c1O.Cl. The van der Waals surface area contributed by atoms with E-state index in [1.165, 1.54) is 24.3 Å². The van der Waals surface area contributed by atoms with Crippen molar-refractivity contribution < 1.29 is 23.0 Å². The zero-order chi connectivity index (χ0) is 16.5. The molecule has 0 aromatic heterocycles. The van der Waals surface area contributed by atoms with Gasteiger partial charge in [0.15, 0.2) is 0 Å². The first-order valence-electron chi connectivity index (χ1n) is 6.27. The maximum atomic E-state index is 12.1. The summed E-state index contributed by atoms with van der Waals surface area (Å²) in [6.07, 6.45) is -4.73. The van der Waals surface area contributed by atoms with E-state index in [9.17, 15) is 18.3 Å². The quantitative estimate of drug-likeness (QED) is 0.759. The molecule has 0 saturated heterocycles. The molecule has 0 unspecified atom stereocenters. The molecule has 0 amide bonds. The first-order valence-corrected chi connectivity index (χ1v) is 7.07. The summed E-state index contributed by atoms with van der Waals surface area (Å²) in [7, 11) is 0. The Kier molecular flexibility index (Phi) is 6.33. The van der Waals surface area contributed by atoms with Crippen molar-refractivity contribution in [3.63, 3.8) is 0 Å². The maximum Gasteiger partial charge on any atom is 0.573 e. The van der Waals surface area contributed by atoms with Gasteiger partial charge in [0.2, 0.25) is 0 Å². The van der Waals surface area contributed by atoms with Crippen LogP contribution in [0.2, 0.25) is 0 Å². The number of aryl methyl sites for hydroxylation is 1. The molecule has 126 valence electrons. The van der Waals surface area contributed by atoms with Gasteiger partial charge >= 0.3 is 6.36 Å². The Hall–Kier alpha value is -1.44. The maximum absolute atomic E-state index is 12.1. The van der Waals surface area contributed by atoms with Gasteiger partial charge in [0.05, 0.1) is 6.04 Å². The molecule has 23 heavy (non-hydrogen) atoms. The highest BCUT2D eigenvalue weighted by Crippen LogP contribution is 2.34. The van der Waals surface area contributed by atoms with Gasteiger partial charge in [0.25, 0.3) is 0 Å². The number of hydrogen-bond donors (Lipinski definition) is 2. The van der Waals surface area contributed by atoms with Crippen molar-refractivity contribution in [2.45, 2.75) is 19.3 Å². The van der Waals surface area contributed by atoms with Gasteiger partial charge in [-0.3, -0.25) is 0 Å². The molecular weight excluding hydrogens is 399 g/mol. The van der Waals surface area contributed by atoms with Crippen molar-refractivity contribution in [3.8, 4) is 11.5 Å². The van der Waals surface area contributed by atoms with E-state index in [-0.39, 0.29) is 23.9 Å². The molecule has 2 rings (SSSR count). The normalized spacial score (nSPS) is 12.4. The summed E-state index contributed by atoms with van der Waals surface area (Å²) in [6, 6.07) is 7.98. The summed E-state index contributed by atoms with van der Waals surface area (Å²) >= 11 is 3.32. The fourth-order valence-corrected chi connectivity index (χ4v) is 2.64. The third-order valence-corrected chi connectivity index (χ3v) is 3.56. The van der Waals surface area contributed by atoms with Crippen molar-refractivity contribution in [1.82, 2.24) is 0 Å². The van der Waals surface area contributed by atoms with Crippen LogP contribution in [-0.2, 0) is 0 Å². The zero-order valence-electron chi connectivity index (χ0n) is 11.9. The Morgan fingerprint density at radius 2 is 1.74 bits per heavy atom. The Bertz CT molecular complexity index is 678. The molecule has 0 spiro atoms. The van der Waals surface area contributed by atoms with Crippen LogP contribution in [0, 0.1) is 6.92 Å². The van der Waals surface area contributed by atoms with Crippen LogP contribution in [0.1, 0.15) is 22.7 Å². The van der Waals surface area contributed by atoms with Gasteiger partial charge in [-0.05, 0) is 42.3 Å². The average molecular weight is 413 g/mol. The van der Waals surface area contributed by atoms with Gasteiger partial charge in [0.1, 0.15) is 11.5 Å². The lowest BCUT2D eigenvalue weighted by Gasteiger charge is -2.17. The molecule has 0 radical (unpaired) electrons. The van der Waals surface area contributed by atoms with Crippen LogP contribution in [0.3, 0.4) is 0 Å². The van der Waals surface area contributed by atoms with Crippen LogP contribution >= 0.6 is 28.3 Å². The van der Waals surface area contributed by atoms with E-state index in [1.54, 1.807) is 19.1 Å². The second-order valence-corrected chi connectivity index (χ2v) is 5.67. The van der Waals surface area contributed by atoms with Gasteiger partial charge in [-0.25, -0.2) is 0 Å². The number of halogens is 5. The Morgan fingerprint density at radius 3 is 2.26 bits per heavy atom. The summed E-state index contributed by atoms with van der Waals surface area (Å²) in [5.74, 6) is -0.260. The standard InChI is InChI=1S/C15H13BrF3NO2.ClH/c1-8-6-10(16)7-12(14(8)21)13(20)9-2-4-11(5-3-9)22-15(17,18)19;/h2-7,13,21H,20H2,1H3;1H/t13-;/m1./s1. The Balaban J connectivity index is 0.00000264. The molecule has 3 N–H and O–H groups in total. The van der Waals surface area contributed by atoms with Gasteiger partial charge < -0.3 is 15.6 Å². The lowest BCUT2D eigenvalue weighted by atomic mass is 9.97. The van der Waals surface area contributed by atoms with Gasteiger partial charge in [-0.15, -0.1) is 25.6 Å². The monoisotopic (exact) mass is 411 g/mol. The fraction of sp³-hybridized carbons (Fsp3) is 0.200. The van der Waals surface area contributed by atoms with Crippen molar-refractivity contribution in [1.29, 1.82) is 0 Å². The molecule has 0 bridgehead atoms. The summed E-state index contributed by atoms with van der Waals surface area (Å²) < 4.78 is 40.9. The van der Waals surface area contributed by atoms with Crippen molar-refractivity contribution in [2.24, 2.45) is 5.73 Å². The topological polar surface area (TPSA) is 55.5 Å². The van der Waals surface area contributed by atoms with Crippen LogP contribution in [0.15, 0.2) is 40.9 Å². The molecule has 0 saturated carbocycles. The largest absolute Gasteiger partial charge is 0.573 e. The lowest BCUT2D eigenvalue weighted by molar-refractivity contribution is -0.274. The lowest BCUT2D eigenvalue weighted by Crippen LogP contribution is -2.17. The molecule has 2 aromatic rings. The van der Waals surface area contributed by atoms with Crippen LogP contribution in [0.5, 0.6) is 11.5 Å². The first-order chi connectivity index (χ1) is 10.2. The van der Waals surface area contributed by atoms with Crippen LogP contribution in [0.4, 0.5) is 13.2 Å². The highest BCUT2D eigenvalue weighted by Gasteiger charge is 2.31. The Morgan fingerprint density at radius 1 is 1.17 bits per heavy atom. The van der Waals surface area contributed by atoms with Crippen molar-refractivity contribution >= 4 is 28.3 Å². The summed E-state index contributed by atoms with van der Waals surface area (Å²) in [5, 5.41) is 10.1. The minimum Gasteiger partial charge on any atom is -0.507 e. The van der Waals surface area contributed by atoms with E-state index in [0.717, 1.165) is 4.47 Å². The third-order valence-electron chi connectivity index (χ3n) is 3.10. The second kappa shape index (κ2) is 7.42. The minimum absolute atomic E-state index is 0. The summed E-state index contributed by atoms with van der Waals surface area (Å²) in [5.41, 5.74) is 7.78. The molecular formula is C15H14BrClF3NO2. The van der Waals surface area contributed by atoms with Crippen LogP contribution in [-0.4, -0.2) is 11.5 Å². The molecule has 0 fully saturated rings. The number of phenols is 1. The van der Waals surface area contributed by atoms with Gasteiger partial charge in [-0.2, -0.15) is 0 Å². The zero-order valence-corrected chi connectivity index (χ0v) is 14.3. The summed E-state index contributed by atoms with van der Waals surface area (Å²) in [6.45, 7) is 1.73. The third kappa shape index (κ3) is 5.02. The first kappa shape index (κ1) is 19.6. The van der Waals surface area contributed by atoms with E-state index >= 15 is 0 Å². The number of alkyl halides is 3. The second-order valence-electron chi connectivity index (χ2n) is 4.76. The molecule has 0 heterocycles. The number of nitrogens with two attached hydrogens (primary N) is 1. The number of ether oxygens (including phenoxy) is 1. The van der Waals surface area contributed by atoms with E-state index < -0.39 is 12.4 Å². The molecule has 0 aliphatic heterocycles. The molecule has 2 aromatic carbocycles. The highest BCUT2D eigenvalue weighted by atomic mass is 79.9. The van der Waals surface area contributed by atoms with Gasteiger partial charge in [-0.1, -0.05) is 28.1 Å². The number of aromatic hydroxyl groups is 1. The van der Waals surface area contributed by atoms with E-state index in [0.29, 0.717) is 16.7 Å². The summed E-state index contributed by atoms with van der Waals surface area (Å²) in [4.78, 5) is 0. The minimum atomic E-state index is -4.73. The highest BCUT2D eigenvalue weighted by molar-refractivity contribution is 9.10. The molecule has 0 aliphatic carbocycles. The Labute approximate surface area is 145 Å². The molecule has 1 atom stereocenters. The van der Waals surface area contributed by atoms with E-state index in [1.807, 2.05) is 0 Å². The number of benzene rings is 2. The predicted molar refractivity (Wildman–Crippen MR) is 86.9 cm³/mol.